The van der Waals surface area contributed by atoms with E-state index in [4.69, 9.17) is 9.47 Å². The number of rotatable bonds is 10. The molecule has 0 aliphatic carbocycles. The standard InChI is InChI=1S/C22H37NO3/c1-9-18(7)26-20-11-10-19(12-17(20)6)23-21(24)22(25-8,13-15(2)3)14-16(4)5/h10-12,15-16,18H,9,13-14H2,1-8H3,(H,23,24)/t18-/m0/s1. The van der Waals surface area contributed by atoms with Crippen molar-refractivity contribution in [1.29, 1.82) is 0 Å². The molecule has 0 heterocycles. The summed E-state index contributed by atoms with van der Waals surface area (Å²) in [6, 6.07) is 5.78. The Morgan fingerprint density at radius 1 is 1.12 bits per heavy atom. The molecule has 1 aromatic rings. The van der Waals surface area contributed by atoms with Gasteiger partial charge in [-0.3, -0.25) is 4.79 Å². The molecule has 0 spiro atoms. The number of hydrogen-bond donors (Lipinski definition) is 1. The van der Waals surface area contributed by atoms with E-state index in [0.29, 0.717) is 24.7 Å². The first-order valence-corrected chi connectivity index (χ1v) is 9.77. The molecule has 0 unspecified atom stereocenters. The van der Waals surface area contributed by atoms with Crippen LogP contribution in [0.25, 0.3) is 0 Å². The summed E-state index contributed by atoms with van der Waals surface area (Å²) >= 11 is 0. The fourth-order valence-corrected chi connectivity index (χ4v) is 3.25. The van der Waals surface area contributed by atoms with Gasteiger partial charge in [0.2, 0.25) is 0 Å². The molecule has 26 heavy (non-hydrogen) atoms. The van der Waals surface area contributed by atoms with Gasteiger partial charge in [-0.15, -0.1) is 0 Å². The molecular formula is C22H37NO3. The highest BCUT2D eigenvalue weighted by atomic mass is 16.5. The second-order valence-corrected chi connectivity index (χ2v) is 8.17. The second kappa shape index (κ2) is 9.96. The lowest BCUT2D eigenvalue weighted by molar-refractivity contribution is -0.142. The molecule has 4 heteroatoms. The maximum Gasteiger partial charge on any atom is 0.256 e. The number of ether oxygens (including phenoxy) is 2. The van der Waals surface area contributed by atoms with Crippen molar-refractivity contribution in [2.24, 2.45) is 11.8 Å². The highest BCUT2D eigenvalue weighted by molar-refractivity contribution is 5.97. The first kappa shape index (κ1) is 22.5. The molecule has 1 amide bonds. The van der Waals surface area contributed by atoms with E-state index in [-0.39, 0.29) is 12.0 Å². The van der Waals surface area contributed by atoms with Crippen LogP contribution in [0.2, 0.25) is 0 Å². The summed E-state index contributed by atoms with van der Waals surface area (Å²) in [5.74, 6) is 1.53. The predicted molar refractivity (Wildman–Crippen MR) is 109 cm³/mol. The average Bonchev–Trinajstić information content (AvgIpc) is 2.55. The van der Waals surface area contributed by atoms with E-state index in [1.54, 1.807) is 7.11 Å². The molecule has 1 N–H and O–H groups in total. The zero-order valence-electron chi connectivity index (χ0n) is 17.8. The Hall–Kier alpha value is -1.55. The molecule has 1 aromatic carbocycles. The average molecular weight is 364 g/mol. The number of amides is 1. The van der Waals surface area contributed by atoms with E-state index in [9.17, 15) is 4.79 Å². The van der Waals surface area contributed by atoms with Crippen LogP contribution < -0.4 is 10.1 Å². The molecule has 0 bridgehead atoms. The quantitative estimate of drug-likeness (QED) is 0.589. The molecule has 0 radical (unpaired) electrons. The molecule has 148 valence electrons. The molecule has 0 fully saturated rings. The highest BCUT2D eigenvalue weighted by Gasteiger charge is 2.39. The SMILES string of the molecule is CC[C@H](C)Oc1ccc(NC(=O)C(CC(C)C)(CC(C)C)OC)cc1C. The lowest BCUT2D eigenvalue weighted by Gasteiger charge is -2.34. The molecular weight excluding hydrogens is 326 g/mol. The van der Waals surface area contributed by atoms with Gasteiger partial charge < -0.3 is 14.8 Å². The topological polar surface area (TPSA) is 47.6 Å². The summed E-state index contributed by atoms with van der Waals surface area (Å²) in [5.41, 5.74) is 0.985. The van der Waals surface area contributed by atoms with Gasteiger partial charge in [0.15, 0.2) is 0 Å². The monoisotopic (exact) mass is 363 g/mol. The maximum atomic E-state index is 13.1. The fourth-order valence-electron chi connectivity index (χ4n) is 3.25. The van der Waals surface area contributed by atoms with Crippen molar-refractivity contribution in [2.45, 2.75) is 79.4 Å². The normalized spacial score (nSPS) is 13.2. The molecule has 1 rings (SSSR count). The van der Waals surface area contributed by atoms with Gasteiger partial charge in [-0.1, -0.05) is 34.6 Å². The van der Waals surface area contributed by atoms with Crippen LogP contribution in [0.1, 0.15) is 66.4 Å². The minimum absolute atomic E-state index is 0.0719. The van der Waals surface area contributed by atoms with Crippen molar-refractivity contribution in [3.8, 4) is 5.75 Å². The summed E-state index contributed by atoms with van der Waals surface area (Å²) in [7, 11) is 1.64. The van der Waals surface area contributed by atoms with Crippen molar-refractivity contribution < 1.29 is 14.3 Å². The van der Waals surface area contributed by atoms with E-state index in [0.717, 1.165) is 23.4 Å². The smallest absolute Gasteiger partial charge is 0.256 e. The Morgan fingerprint density at radius 2 is 1.69 bits per heavy atom. The third-order valence-electron chi connectivity index (χ3n) is 4.62. The second-order valence-electron chi connectivity index (χ2n) is 8.17. The third kappa shape index (κ3) is 6.31. The van der Waals surface area contributed by atoms with E-state index in [1.807, 2.05) is 25.1 Å². The van der Waals surface area contributed by atoms with Crippen molar-refractivity contribution in [2.75, 3.05) is 12.4 Å². The molecule has 4 nitrogen and oxygen atoms in total. The van der Waals surface area contributed by atoms with E-state index in [2.05, 4.69) is 46.9 Å². The molecule has 0 saturated carbocycles. The highest BCUT2D eigenvalue weighted by Crippen LogP contribution is 2.31. The van der Waals surface area contributed by atoms with Crippen LogP contribution in [0.3, 0.4) is 0 Å². The Bertz CT molecular complexity index is 571. The third-order valence-corrected chi connectivity index (χ3v) is 4.62. The fraction of sp³-hybridized carbons (Fsp3) is 0.682. The van der Waals surface area contributed by atoms with Crippen molar-refractivity contribution in [3.63, 3.8) is 0 Å². The Labute approximate surface area is 159 Å². The summed E-state index contributed by atoms with van der Waals surface area (Å²) < 4.78 is 11.7. The minimum Gasteiger partial charge on any atom is -0.490 e. The molecule has 0 aliphatic heterocycles. The maximum absolute atomic E-state index is 13.1. The van der Waals surface area contributed by atoms with Crippen LogP contribution in [-0.2, 0) is 9.53 Å². The lowest BCUT2D eigenvalue weighted by Crippen LogP contribution is -2.46. The summed E-state index contributed by atoms with van der Waals surface area (Å²) in [4.78, 5) is 13.1. The van der Waals surface area contributed by atoms with E-state index >= 15 is 0 Å². The number of carbonyl (C=O) groups is 1. The number of aryl methyl sites for hydroxylation is 1. The summed E-state index contributed by atoms with van der Waals surface area (Å²) in [5, 5.41) is 3.06. The number of hydrogen-bond acceptors (Lipinski definition) is 3. The van der Waals surface area contributed by atoms with Crippen molar-refractivity contribution in [1.82, 2.24) is 0 Å². The van der Waals surface area contributed by atoms with Gasteiger partial charge in [0.1, 0.15) is 11.4 Å². The first-order chi connectivity index (χ1) is 12.1. The van der Waals surface area contributed by atoms with Gasteiger partial charge in [0.05, 0.1) is 6.10 Å². The Morgan fingerprint density at radius 3 is 2.12 bits per heavy atom. The number of nitrogens with one attached hydrogen (secondary N) is 1. The number of benzene rings is 1. The minimum atomic E-state index is -0.803. The van der Waals surface area contributed by atoms with Crippen LogP contribution in [0.4, 0.5) is 5.69 Å². The lowest BCUT2D eigenvalue weighted by atomic mass is 9.84. The van der Waals surface area contributed by atoms with Gasteiger partial charge >= 0.3 is 0 Å². The zero-order valence-corrected chi connectivity index (χ0v) is 17.8. The zero-order chi connectivity index (χ0) is 19.9. The van der Waals surface area contributed by atoms with Crippen LogP contribution in [0.15, 0.2) is 18.2 Å². The number of anilines is 1. The molecule has 0 aliphatic rings. The Balaban J connectivity index is 2.99. The molecule has 1 atom stereocenters. The number of carbonyl (C=O) groups excluding carboxylic acids is 1. The van der Waals surface area contributed by atoms with Gasteiger partial charge in [-0.2, -0.15) is 0 Å². The Kier molecular flexibility index (Phi) is 8.61. The predicted octanol–water partition coefficient (Wildman–Crippen LogP) is 5.59. The molecule has 0 saturated heterocycles. The largest absolute Gasteiger partial charge is 0.490 e. The van der Waals surface area contributed by atoms with E-state index < -0.39 is 5.60 Å². The van der Waals surface area contributed by atoms with Gasteiger partial charge in [0, 0.05) is 12.8 Å². The van der Waals surface area contributed by atoms with Gasteiger partial charge in [0.25, 0.3) is 5.91 Å². The van der Waals surface area contributed by atoms with E-state index in [1.165, 1.54) is 0 Å². The van der Waals surface area contributed by atoms with Crippen LogP contribution in [-0.4, -0.2) is 24.7 Å². The van der Waals surface area contributed by atoms with Crippen LogP contribution >= 0.6 is 0 Å². The first-order valence-electron chi connectivity index (χ1n) is 9.77. The van der Waals surface area contributed by atoms with Crippen molar-refractivity contribution >= 4 is 11.6 Å². The molecule has 0 aromatic heterocycles. The number of methoxy groups -OCH3 is 1. The van der Waals surface area contributed by atoms with Gasteiger partial charge in [-0.25, -0.2) is 0 Å². The van der Waals surface area contributed by atoms with Gasteiger partial charge in [-0.05, 0) is 68.7 Å². The van der Waals surface area contributed by atoms with Crippen LogP contribution in [0, 0.1) is 18.8 Å². The van der Waals surface area contributed by atoms with Crippen LogP contribution in [0.5, 0.6) is 5.75 Å². The summed E-state index contributed by atoms with van der Waals surface area (Å²) in [6.07, 6.45) is 2.52. The summed E-state index contributed by atoms with van der Waals surface area (Å²) in [6.45, 7) is 14.6. The van der Waals surface area contributed by atoms with Crippen molar-refractivity contribution in [3.05, 3.63) is 23.8 Å².